The van der Waals surface area contributed by atoms with E-state index in [1.807, 2.05) is 19.1 Å². The second-order valence-corrected chi connectivity index (χ2v) is 5.70. The molecular formula is C16H18N2OS. The molecule has 2 aromatic rings. The van der Waals surface area contributed by atoms with E-state index in [9.17, 15) is 4.79 Å². The predicted molar refractivity (Wildman–Crippen MR) is 83.9 cm³/mol. The number of hydrogen-bond acceptors (Lipinski definition) is 3. The molecule has 0 aliphatic rings. The van der Waals surface area contributed by atoms with Gasteiger partial charge in [0.25, 0.3) is 0 Å². The fourth-order valence-corrected chi connectivity index (χ4v) is 3.07. The van der Waals surface area contributed by atoms with Crippen molar-refractivity contribution < 1.29 is 4.79 Å². The molecule has 0 aliphatic heterocycles. The minimum atomic E-state index is 0.00739. The van der Waals surface area contributed by atoms with Crippen molar-refractivity contribution in [2.75, 3.05) is 6.54 Å². The van der Waals surface area contributed by atoms with Crippen LogP contribution in [0.4, 0.5) is 0 Å². The number of benzene rings is 1. The third-order valence-corrected chi connectivity index (χ3v) is 4.22. The van der Waals surface area contributed by atoms with Crippen LogP contribution in [0.1, 0.15) is 16.1 Å². The second kappa shape index (κ2) is 6.48. The van der Waals surface area contributed by atoms with Crippen molar-refractivity contribution in [3.63, 3.8) is 0 Å². The number of carbonyl (C=O) groups excluding carboxylic acids is 1. The Morgan fingerprint density at radius 1 is 1.40 bits per heavy atom. The summed E-state index contributed by atoms with van der Waals surface area (Å²) in [5, 5.41) is 3.77. The third kappa shape index (κ3) is 3.33. The van der Waals surface area contributed by atoms with Gasteiger partial charge in [-0.05, 0) is 19.4 Å². The molecule has 1 heterocycles. The first kappa shape index (κ1) is 14.5. The van der Waals surface area contributed by atoms with Crippen LogP contribution in [0.3, 0.4) is 0 Å². The number of rotatable bonds is 5. The van der Waals surface area contributed by atoms with Crippen LogP contribution in [0.5, 0.6) is 0 Å². The number of nitrogens with one attached hydrogen (secondary N) is 1. The number of aryl methyl sites for hydroxylation is 2. The van der Waals surface area contributed by atoms with Crippen molar-refractivity contribution in [1.82, 2.24) is 10.3 Å². The summed E-state index contributed by atoms with van der Waals surface area (Å²) in [6, 6.07) is 8.16. The number of thiazole rings is 1. The first-order valence-corrected chi connectivity index (χ1v) is 7.33. The number of amides is 1. The van der Waals surface area contributed by atoms with Gasteiger partial charge in [-0.3, -0.25) is 4.79 Å². The molecule has 1 aromatic heterocycles. The van der Waals surface area contributed by atoms with Gasteiger partial charge in [0, 0.05) is 17.0 Å². The maximum atomic E-state index is 11.8. The van der Waals surface area contributed by atoms with Gasteiger partial charge < -0.3 is 5.32 Å². The molecule has 20 heavy (non-hydrogen) atoms. The quantitative estimate of drug-likeness (QED) is 0.857. The van der Waals surface area contributed by atoms with Gasteiger partial charge in [0.2, 0.25) is 5.91 Å². The van der Waals surface area contributed by atoms with Crippen LogP contribution < -0.4 is 5.32 Å². The molecule has 3 nitrogen and oxygen atoms in total. The first-order chi connectivity index (χ1) is 9.61. The zero-order valence-electron chi connectivity index (χ0n) is 11.8. The lowest BCUT2D eigenvalue weighted by molar-refractivity contribution is -0.120. The number of aromatic nitrogens is 1. The molecule has 0 spiro atoms. The number of hydrogen-bond donors (Lipinski definition) is 1. The van der Waals surface area contributed by atoms with E-state index in [0.29, 0.717) is 13.0 Å². The van der Waals surface area contributed by atoms with Crippen LogP contribution in [0.15, 0.2) is 36.9 Å². The standard InChI is InChI=1S/C16H18N2OS/c1-4-9-17-15(19)10-14-12(3)18-16(20-14)13-8-6-5-7-11(13)2/h4-8H,1,9-10H2,2-3H3,(H,17,19). The topological polar surface area (TPSA) is 42.0 Å². The molecule has 0 saturated heterocycles. The minimum Gasteiger partial charge on any atom is -0.352 e. The summed E-state index contributed by atoms with van der Waals surface area (Å²) in [5.41, 5.74) is 3.27. The largest absolute Gasteiger partial charge is 0.352 e. The van der Waals surface area contributed by atoms with Crippen molar-refractivity contribution in [3.05, 3.63) is 53.1 Å². The monoisotopic (exact) mass is 286 g/mol. The van der Waals surface area contributed by atoms with Gasteiger partial charge in [0.15, 0.2) is 0 Å². The Hall–Kier alpha value is -1.94. The lowest BCUT2D eigenvalue weighted by Gasteiger charge is -2.01. The fourth-order valence-electron chi connectivity index (χ4n) is 1.91. The third-order valence-electron chi connectivity index (χ3n) is 3.03. The highest BCUT2D eigenvalue weighted by molar-refractivity contribution is 7.15. The van der Waals surface area contributed by atoms with Gasteiger partial charge >= 0.3 is 0 Å². The Labute approximate surface area is 123 Å². The van der Waals surface area contributed by atoms with Crippen LogP contribution in [0, 0.1) is 13.8 Å². The summed E-state index contributed by atoms with van der Waals surface area (Å²) < 4.78 is 0. The van der Waals surface area contributed by atoms with Crippen molar-refractivity contribution in [1.29, 1.82) is 0 Å². The SMILES string of the molecule is C=CCNC(=O)Cc1sc(-c2ccccc2C)nc1C. The Morgan fingerprint density at radius 3 is 2.85 bits per heavy atom. The normalized spacial score (nSPS) is 10.3. The van der Waals surface area contributed by atoms with Gasteiger partial charge in [0.1, 0.15) is 5.01 Å². The Balaban J connectivity index is 2.20. The van der Waals surface area contributed by atoms with Gasteiger partial charge in [-0.25, -0.2) is 4.98 Å². The van der Waals surface area contributed by atoms with Gasteiger partial charge in [0.05, 0.1) is 12.1 Å². The molecule has 0 unspecified atom stereocenters. The maximum Gasteiger partial charge on any atom is 0.225 e. The molecule has 1 N–H and O–H groups in total. The summed E-state index contributed by atoms with van der Waals surface area (Å²) >= 11 is 1.59. The van der Waals surface area contributed by atoms with Crippen LogP contribution >= 0.6 is 11.3 Å². The molecule has 0 fully saturated rings. The fraction of sp³-hybridized carbons (Fsp3) is 0.250. The van der Waals surface area contributed by atoms with Crippen molar-refractivity contribution in [2.45, 2.75) is 20.3 Å². The molecule has 0 atom stereocenters. The second-order valence-electron chi connectivity index (χ2n) is 4.61. The number of carbonyl (C=O) groups is 1. The van der Waals surface area contributed by atoms with E-state index < -0.39 is 0 Å². The van der Waals surface area contributed by atoms with E-state index in [0.717, 1.165) is 21.1 Å². The molecule has 1 amide bonds. The molecule has 0 aliphatic carbocycles. The van der Waals surface area contributed by atoms with E-state index in [2.05, 4.69) is 35.9 Å². The smallest absolute Gasteiger partial charge is 0.225 e. The Morgan fingerprint density at radius 2 is 2.15 bits per heavy atom. The van der Waals surface area contributed by atoms with E-state index in [4.69, 9.17) is 0 Å². The maximum absolute atomic E-state index is 11.8. The zero-order valence-corrected chi connectivity index (χ0v) is 12.6. The summed E-state index contributed by atoms with van der Waals surface area (Å²) in [5.74, 6) is 0.00739. The summed E-state index contributed by atoms with van der Waals surface area (Å²) in [6.45, 7) is 8.11. The minimum absolute atomic E-state index is 0.00739. The van der Waals surface area contributed by atoms with E-state index in [1.165, 1.54) is 5.56 Å². The van der Waals surface area contributed by atoms with Gasteiger partial charge in [-0.1, -0.05) is 30.3 Å². The highest BCUT2D eigenvalue weighted by Gasteiger charge is 2.13. The zero-order chi connectivity index (χ0) is 14.5. The summed E-state index contributed by atoms with van der Waals surface area (Å²) in [7, 11) is 0. The average molecular weight is 286 g/mol. The summed E-state index contributed by atoms with van der Waals surface area (Å²) in [4.78, 5) is 17.4. The highest BCUT2D eigenvalue weighted by atomic mass is 32.1. The predicted octanol–water partition coefficient (Wildman–Crippen LogP) is 3.27. The van der Waals surface area contributed by atoms with E-state index in [-0.39, 0.29) is 5.91 Å². The molecule has 0 saturated carbocycles. The molecule has 0 radical (unpaired) electrons. The molecule has 1 aromatic carbocycles. The number of nitrogens with zero attached hydrogens (tertiary/aromatic N) is 1. The molecule has 2 rings (SSSR count). The van der Waals surface area contributed by atoms with Gasteiger partial charge in [-0.2, -0.15) is 0 Å². The Kier molecular flexibility index (Phi) is 4.69. The van der Waals surface area contributed by atoms with Gasteiger partial charge in [-0.15, -0.1) is 17.9 Å². The van der Waals surface area contributed by atoms with Crippen molar-refractivity contribution >= 4 is 17.2 Å². The van der Waals surface area contributed by atoms with Crippen molar-refractivity contribution in [3.8, 4) is 10.6 Å². The summed E-state index contributed by atoms with van der Waals surface area (Å²) in [6.07, 6.45) is 2.05. The molecule has 0 bridgehead atoms. The molecular weight excluding hydrogens is 268 g/mol. The lowest BCUT2D eigenvalue weighted by Crippen LogP contribution is -2.24. The Bertz CT molecular complexity index is 631. The highest BCUT2D eigenvalue weighted by Crippen LogP contribution is 2.30. The lowest BCUT2D eigenvalue weighted by atomic mass is 10.1. The van der Waals surface area contributed by atoms with E-state index >= 15 is 0 Å². The van der Waals surface area contributed by atoms with Crippen molar-refractivity contribution in [2.24, 2.45) is 0 Å². The van der Waals surface area contributed by atoms with Crippen LogP contribution in [0.25, 0.3) is 10.6 Å². The molecule has 4 heteroatoms. The van der Waals surface area contributed by atoms with E-state index in [1.54, 1.807) is 17.4 Å². The van der Waals surface area contributed by atoms with Crippen LogP contribution in [-0.4, -0.2) is 17.4 Å². The van der Waals surface area contributed by atoms with Crippen LogP contribution in [-0.2, 0) is 11.2 Å². The first-order valence-electron chi connectivity index (χ1n) is 6.51. The molecule has 104 valence electrons. The van der Waals surface area contributed by atoms with Crippen LogP contribution in [0.2, 0.25) is 0 Å². The average Bonchev–Trinajstić information content (AvgIpc) is 2.78.